The Kier molecular flexibility index (Phi) is 4.37. The number of fused-ring (bicyclic) bond motifs is 4. The first-order chi connectivity index (χ1) is 14.1. The van der Waals surface area contributed by atoms with Crippen LogP contribution in [0, 0.1) is 6.92 Å². The molecule has 3 heterocycles. The summed E-state index contributed by atoms with van der Waals surface area (Å²) in [7, 11) is 0. The van der Waals surface area contributed by atoms with Crippen LogP contribution >= 0.6 is 22.9 Å². The predicted octanol–water partition coefficient (Wildman–Crippen LogP) is 5.78. The molecule has 1 amide bonds. The molecule has 0 spiro atoms. The van der Waals surface area contributed by atoms with Gasteiger partial charge in [-0.05, 0) is 41.1 Å². The number of alkyl halides is 1. The highest BCUT2D eigenvalue weighted by atomic mass is 35.5. The molecule has 2 N–H and O–H groups in total. The van der Waals surface area contributed by atoms with Crippen molar-refractivity contribution in [3.05, 3.63) is 64.7 Å². The third kappa shape index (κ3) is 2.84. The van der Waals surface area contributed by atoms with E-state index in [1.165, 1.54) is 11.3 Å². The lowest BCUT2D eigenvalue weighted by Crippen LogP contribution is -2.28. The zero-order valence-electron chi connectivity index (χ0n) is 15.8. The minimum atomic E-state index is -0.115. The quantitative estimate of drug-likeness (QED) is 0.325. The lowest BCUT2D eigenvalue weighted by Gasteiger charge is -2.16. The number of para-hydroxylation sites is 1. The number of aromatic nitrogens is 1. The summed E-state index contributed by atoms with van der Waals surface area (Å²) in [5, 5.41) is 14.7. The molecule has 1 aliphatic heterocycles. The fourth-order valence-electron chi connectivity index (χ4n) is 4.23. The van der Waals surface area contributed by atoms with Gasteiger partial charge in [0.25, 0.3) is 5.91 Å². The molecule has 0 aliphatic carbocycles. The van der Waals surface area contributed by atoms with Crippen LogP contribution in [0.4, 0.5) is 5.69 Å². The zero-order valence-corrected chi connectivity index (χ0v) is 17.3. The van der Waals surface area contributed by atoms with Gasteiger partial charge in [0, 0.05) is 53.0 Å². The lowest BCUT2D eigenvalue weighted by atomic mass is 9.97. The van der Waals surface area contributed by atoms with Gasteiger partial charge in [-0.3, -0.25) is 4.79 Å². The SMILES string of the molecule is Cc1csc2c(O)cc3c(c12)[C@H](CCl)CN3C(=O)/C=C/c1c[nH]c2ccccc12. The molecule has 146 valence electrons. The van der Waals surface area contributed by atoms with Gasteiger partial charge < -0.3 is 15.0 Å². The maximum absolute atomic E-state index is 13.1. The number of hydrogen-bond acceptors (Lipinski definition) is 3. The summed E-state index contributed by atoms with van der Waals surface area (Å²) in [6, 6.07) is 9.70. The molecule has 4 nitrogen and oxygen atoms in total. The summed E-state index contributed by atoms with van der Waals surface area (Å²) in [6.45, 7) is 2.55. The second-order valence-corrected chi connectivity index (χ2v) is 8.56. The molecule has 0 saturated heterocycles. The molecule has 0 fully saturated rings. The number of amides is 1. The smallest absolute Gasteiger partial charge is 0.251 e. The van der Waals surface area contributed by atoms with Crippen LogP contribution in [0.25, 0.3) is 27.1 Å². The number of rotatable bonds is 3. The second-order valence-electron chi connectivity index (χ2n) is 7.37. The van der Waals surface area contributed by atoms with Crippen LogP contribution in [-0.2, 0) is 4.79 Å². The minimum absolute atomic E-state index is 0.0495. The number of aromatic hydroxyl groups is 1. The number of phenols is 1. The number of aryl methyl sites for hydroxylation is 1. The number of thiophene rings is 1. The topological polar surface area (TPSA) is 56.3 Å². The van der Waals surface area contributed by atoms with Gasteiger partial charge in [0.05, 0.1) is 10.4 Å². The van der Waals surface area contributed by atoms with Crippen molar-refractivity contribution in [2.45, 2.75) is 12.8 Å². The number of nitrogens with zero attached hydrogens (tertiary/aromatic N) is 1. The van der Waals surface area contributed by atoms with Crippen molar-refractivity contribution in [3.8, 4) is 5.75 Å². The van der Waals surface area contributed by atoms with Crippen LogP contribution in [0.15, 0.2) is 48.0 Å². The van der Waals surface area contributed by atoms with Crippen molar-refractivity contribution in [2.24, 2.45) is 0 Å². The number of H-pyrrole nitrogens is 1. The molecule has 4 aromatic rings. The van der Waals surface area contributed by atoms with Crippen LogP contribution in [0.2, 0.25) is 0 Å². The van der Waals surface area contributed by atoms with Gasteiger partial charge in [0.2, 0.25) is 0 Å². The Balaban J connectivity index is 1.54. The molecule has 29 heavy (non-hydrogen) atoms. The maximum Gasteiger partial charge on any atom is 0.251 e. The van der Waals surface area contributed by atoms with E-state index in [1.807, 2.05) is 48.8 Å². The van der Waals surface area contributed by atoms with E-state index < -0.39 is 0 Å². The van der Waals surface area contributed by atoms with Crippen molar-refractivity contribution < 1.29 is 9.90 Å². The molecular weight excluding hydrogens is 404 g/mol. The predicted molar refractivity (Wildman–Crippen MR) is 121 cm³/mol. The molecule has 0 saturated carbocycles. The molecule has 1 aliphatic rings. The highest BCUT2D eigenvalue weighted by Crippen LogP contribution is 2.48. The Morgan fingerprint density at radius 1 is 1.41 bits per heavy atom. The number of halogens is 1. The van der Waals surface area contributed by atoms with Gasteiger partial charge in [-0.15, -0.1) is 22.9 Å². The third-order valence-electron chi connectivity index (χ3n) is 5.61. The molecule has 5 rings (SSSR count). The van der Waals surface area contributed by atoms with Crippen LogP contribution in [0.5, 0.6) is 5.75 Å². The van der Waals surface area contributed by atoms with E-state index in [0.29, 0.717) is 12.4 Å². The second kappa shape index (κ2) is 6.94. The van der Waals surface area contributed by atoms with E-state index in [-0.39, 0.29) is 17.6 Å². The van der Waals surface area contributed by atoms with Crippen LogP contribution in [0.3, 0.4) is 0 Å². The number of carbonyl (C=O) groups excluding carboxylic acids is 1. The fraction of sp³-hybridized carbons (Fsp3) is 0.174. The van der Waals surface area contributed by atoms with Gasteiger partial charge in [-0.1, -0.05) is 18.2 Å². The number of anilines is 1. The Morgan fingerprint density at radius 2 is 2.24 bits per heavy atom. The third-order valence-corrected chi connectivity index (χ3v) is 7.10. The Labute approximate surface area is 177 Å². The van der Waals surface area contributed by atoms with Crippen molar-refractivity contribution >= 4 is 61.6 Å². The molecular formula is C23H19ClN2O2S. The number of aromatic amines is 1. The minimum Gasteiger partial charge on any atom is -0.506 e. The van der Waals surface area contributed by atoms with Crippen LogP contribution in [0.1, 0.15) is 22.6 Å². The normalized spacial score (nSPS) is 16.3. The Hall–Kier alpha value is -2.76. The number of hydrogen-bond donors (Lipinski definition) is 2. The van der Waals surface area contributed by atoms with E-state index in [9.17, 15) is 9.90 Å². The maximum atomic E-state index is 13.1. The van der Waals surface area contributed by atoms with Crippen molar-refractivity contribution in [1.29, 1.82) is 0 Å². The number of benzene rings is 2. The van der Waals surface area contributed by atoms with Crippen LogP contribution < -0.4 is 4.90 Å². The molecule has 6 heteroatoms. The highest BCUT2D eigenvalue weighted by molar-refractivity contribution is 7.17. The van der Waals surface area contributed by atoms with Crippen molar-refractivity contribution in [3.63, 3.8) is 0 Å². The Morgan fingerprint density at radius 3 is 3.07 bits per heavy atom. The largest absolute Gasteiger partial charge is 0.506 e. The van der Waals surface area contributed by atoms with Gasteiger partial charge in [-0.2, -0.15) is 0 Å². The summed E-state index contributed by atoms with van der Waals surface area (Å²) in [5.74, 6) is 0.577. The van der Waals surface area contributed by atoms with E-state index in [2.05, 4.69) is 4.98 Å². The number of nitrogens with one attached hydrogen (secondary N) is 1. The average Bonchev–Trinajstić information content (AvgIpc) is 3.41. The summed E-state index contributed by atoms with van der Waals surface area (Å²) < 4.78 is 0.861. The van der Waals surface area contributed by atoms with E-state index in [4.69, 9.17) is 11.6 Å². The van der Waals surface area contributed by atoms with Crippen molar-refractivity contribution in [1.82, 2.24) is 4.98 Å². The lowest BCUT2D eigenvalue weighted by molar-refractivity contribution is -0.114. The molecule has 2 aromatic carbocycles. The monoisotopic (exact) mass is 422 g/mol. The summed E-state index contributed by atoms with van der Waals surface area (Å²) >= 11 is 7.79. The number of phenolic OH excluding ortho intramolecular Hbond substituents is 1. The van der Waals surface area contributed by atoms with E-state index >= 15 is 0 Å². The molecule has 2 aromatic heterocycles. The number of carbonyl (C=O) groups is 1. The average molecular weight is 423 g/mol. The van der Waals surface area contributed by atoms with E-state index in [0.717, 1.165) is 43.4 Å². The van der Waals surface area contributed by atoms with E-state index in [1.54, 1.807) is 17.0 Å². The summed E-state index contributed by atoms with van der Waals surface area (Å²) in [4.78, 5) is 18.0. The van der Waals surface area contributed by atoms with Gasteiger partial charge in [0.1, 0.15) is 5.75 Å². The fourth-order valence-corrected chi connectivity index (χ4v) is 5.47. The molecule has 1 atom stereocenters. The molecule has 0 unspecified atom stereocenters. The summed E-state index contributed by atoms with van der Waals surface area (Å²) in [6.07, 6.45) is 5.33. The first kappa shape index (κ1) is 18.3. The van der Waals surface area contributed by atoms with Gasteiger partial charge in [-0.25, -0.2) is 0 Å². The van der Waals surface area contributed by atoms with Crippen LogP contribution in [-0.4, -0.2) is 28.4 Å². The Bertz CT molecular complexity index is 1290. The first-order valence-corrected chi connectivity index (χ1v) is 10.8. The molecule has 0 bridgehead atoms. The van der Waals surface area contributed by atoms with Crippen molar-refractivity contribution in [2.75, 3.05) is 17.3 Å². The highest BCUT2D eigenvalue weighted by Gasteiger charge is 2.34. The summed E-state index contributed by atoms with van der Waals surface area (Å²) in [5.41, 5.74) is 4.94. The zero-order chi connectivity index (χ0) is 20.1. The van der Waals surface area contributed by atoms with Gasteiger partial charge in [0.15, 0.2) is 0 Å². The van der Waals surface area contributed by atoms with Gasteiger partial charge >= 0.3 is 0 Å². The standard InChI is InChI=1S/C23H19ClN2O2S/c1-13-12-29-23-19(27)8-18-22(21(13)23)15(9-24)11-26(18)20(28)7-6-14-10-25-17-5-3-2-4-16(14)17/h2-8,10,12,15,25,27H,9,11H2,1H3/b7-6+/t15-/m1/s1. The molecule has 0 radical (unpaired) electrons. The first-order valence-electron chi connectivity index (χ1n) is 9.43.